The van der Waals surface area contributed by atoms with Gasteiger partial charge in [0.25, 0.3) is 0 Å². The first-order valence-electron chi connectivity index (χ1n) is 9.35. The molecule has 1 aromatic heterocycles. The molecule has 0 fully saturated rings. The number of para-hydroxylation sites is 1. The van der Waals surface area contributed by atoms with Gasteiger partial charge in [-0.25, -0.2) is 0 Å². The molecule has 0 atom stereocenters. The molecule has 0 spiro atoms. The number of carbonyl (C=O) groups excluding carboxylic acids is 1. The van der Waals surface area contributed by atoms with Gasteiger partial charge in [0, 0.05) is 30.2 Å². The van der Waals surface area contributed by atoms with Crippen molar-refractivity contribution in [3.05, 3.63) is 71.9 Å². The third-order valence-corrected chi connectivity index (χ3v) is 4.60. The Morgan fingerprint density at radius 2 is 1.85 bits per heavy atom. The second kappa shape index (κ2) is 9.20. The molecular weight excluding hydrogens is 322 g/mol. The molecule has 0 unspecified atom stereocenters. The van der Waals surface area contributed by atoms with Crippen molar-refractivity contribution in [2.75, 3.05) is 19.6 Å². The zero-order valence-corrected chi connectivity index (χ0v) is 15.4. The van der Waals surface area contributed by atoms with Crippen molar-refractivity contribution < 1.29 is 4.79 Å². The van der Waals surface area contributed by atoms with E-state index in [0.29, 0.717) is 19.6 Å². The molecule has 136 valence electrons. The number of rotatable bonds is 9. The molecule has 0 aliphatic carbocycles. The number of aromatic amines is 1. The molecule has 3 aromatic rings. The molecule has 3 rings (SSSR count). The Hall–Kier alpha value is -2.59. The number of H-pyrrole nitrogens is 1. The lowest BCUT2D eigenvalue weighted by Gasteiger charge is -2.23. The highest BCUT2D eigenvalue weighted by Gasteiger charge is 2.14. The van der Waals surface area contributed by atoms with E-state index >= 15 is 0 Å². The van der Waals surface area contributed by atoms with Gasteiger partial charge < -0.3 is 15.2 Å². The van der Waals surface area contributed by atoms with E-state index in [2.05, 4.69) is 53.8 Å². The first kappa shape index (κ1) is 18.2. The van der Waals surface area contributed by atoms with Crippen LogP contribution >= 0.6 is 0 Å². The lowest BCUT2D eigenvalue weighted by molar-refractivity contribution is -0.130. The van der Waals surface area contributed by atoms with E-state index in [1.54, 1.807) is 0 Å². The van der Waals surface area contributed by atoms with Crippen molar-refractivity contribution in [2.45, 2.75) is 26.3 Å². The van der Waals surface area contributed by atoms with E-state index in [1.165, 1.54) is 10.9 Å². The Morgan fingerprint density at radius 3 is 2.65 bits per heavy atom. The maximum Gasteiger partial charge on any atom is 0.236 e. The number of hydrogen-bond acceptors (Lipinski definition) is 2. The fourth-order valence-corrected chi connectivity index (χ4v) is 3.17. The summed E-state index contributed by atoms with van der Waals surface area (Å²) in [5, 5.41) is 4.47. The third-order valence-electron chi connectivity index (χ3n) is 4.60. The van der Waals surface area contributed by atoms with Crippen molar-refractivity contribution in [3.63, 3.8) is 0 Å². The SMILES string of the molecule is CCCNCC(=O)N(CCc1c[nH]c2ccccc12)Cc1ccccc1. The molecule has 4 heteroatoms. The molecule has 0 bridgehead atoms. The van der Waals surface area contributed by atoms with E-state index in [0.717, 1.165) is 30.5 Å². The van der Waals surface area contributed by atoms with E-state index in [9.17, 15) is 4.79 Å². The summed E-state index contributed by atoms with van der Waals surface area (Å²) >= 11 is 0. The summed E-state index contributed by atoms with van der Waals surface area (Å²) in [5.41, 5.74) is 3.57. The van der Waals surface area contributed by atoms with Crippen molar-refractivity contribution >= 4 is 16.8 Å². The van der Waals surface area contributed by atoms with E-state index in [4.69, 9.17) is 0 Å². The lowest BCUT2D eigenvalue weighted by Crippen LogP contribution is -2.39. The van der Waals surface area contributed by atoms with Gasteiger partial charge >= 0.3 is 0 Å². The van der Waals surface area contributed by atoms with Crippen LogP contribution in [0.5, 0.6) is 0 Å². The predicted molar refractivity (Wildman–Crippen MR) is 107 cm³/mol. The van der Waals surface area contributed by atoms with Gasteiger partial charge in [-0.2, -0.15) is 0 Å². The number of nitrogens with zero attached hydrogens (tertiary/aromatic N) is 1. The summed E-state index contributed by atoms with van der Waals surface area (Å²) in [4.78, 5) is 18.0. The number of amides is 1. The number of nitrogens with one attached hydrogen (secondary N) is 2. The molecule has 26 heavy (non-hydrogen) atoms. The van der Waals surface area contributed by atoms with Gasteiger partial charge in [0.15, 0.2) is 0 Å². The lowest BCUT2D eigenvalue weighted by atomic mass is 10.1. The zero-order valence-electron chi connectivity index (χ0n) is 15.4. The Balaban J connectivity index is 1.69. The van der Waals surface area contributed by atoms with Crippen LogP contribution in [-0.2, 0) is 17.8 Å². The standard InChI is InChI=1S/C22H27N3O/c1-2-13-23-16-22(26)25(17-18-8-4-3-5-9-18)14-12-19-15-24-21-11-7-6-10-20(19)21/h3-11,15,23-24H,2,12-14,16-17H2,1H3. The first-order valence-corrected chi connectivity index (χ1v) is 9.35. The minimum Gasteiger partial charge on any atom is -0.361 e. The second-order valence-corrected chi connectivity index (χ2v) is 6.59. The molecule has 2 aromatic carbocycles. The fraction of sp³-hybridized carbons (Fsp3) is 0.318. The zero-order chi connectivity index (χ0) is 18.2. The smallest absolute Gasteiger partial charge is 0.236 e. The van der Waals surface area contributed by atoms with Crippen molar-refractivity contribution in [1.29, 1.82) is 0 Å². The topological polar surface area (TPSA) is 48.1 Å². The van der Waals surface area contributed by atoms with Crippen LogP contribution in [0.1, 0.15) is 24.5 Å². The molecule has 2 N–H and O–H groups in total. The van der Waals surface area contributed by atoms with Gasteiger partial charge in [-0.1, -0.05) is 55.5 Å². The summed E-state index contributed by atoms with van der Waals surface area (Å²) in [6, 6.07) is 18.5. The largest absolute Gasteiger partial charge is 0.361 e. The van der Waals surface area contributed by atoms with Crippen LogP contribution in [0.4, 0.5) is 0 Å². The molecule has 4 nitrogen and oxygen atoms in total. The molecule has 1 amide bonds. The molecule has 1 heterocycles. The van der Waals surface area contributed by atoms with Gasteiger partial charge in [0.2, 0.25) is 5.91 Å². The molecule has 0 aliphatic heterocycles. The maximum absolute atomic E-state index is 12.7. The molecular formula is C22H27N3O. The average Bonchev–Trinajstić information content (AvgIpc) is 3.09. The molecule has 0 saturated carbocycles. The molecule has 0 aliphatic rings. The summed E-state index contributed by atoms with van der Waals surface area (Å²) < 4.78 is 0. The number of aromatic nitrogens is 1. The Labute approximate surface area is 155 Å². The van der Waals surface area contributed by atoms with Crippen LogP contribution in [0.2, 0.25) is 0 Å². The van der Waals surface area contributed by atoms with E-state index in [1.807, 2.05) is 29.2 Å². The maximum atomic E-state index is 12.7. The van der Waals surface area contributed by atoms with Crippen molar-refractivity contribution in [3.8, 4) is 0 Å². The number of benzene rings is 2. The van der Waals surface area contributed by atoms with Crippen LogP contribution in [0, 0.1) is 0 Å². The van der Waals surface area contributed by atoms with Crippen LogP contribution < -0.4 is 5.32 Å². The van der Waals surface area contributed by atoms with Crippen LogP contribution in [0.3, 0.4) is 0 Å². The summed E-state index contributed by atoms with van der Waals surface area (Å²) in [6.45, 7) is 4.73. The predicted octanol–water partition coefficient (Wildman–Crippen LogP) is 3.74. The number of hydrogen-bond donors (Lipinski definition) is 2. The Kier molecular flexibility index (Phi) is 6.45. The summed E-state index contributed by atoms with van der Waals surface area (Å²) in [7, 11) is 0. The van der Waals surface area contributed by atoms with Crippen LogP contribution in [0.15, 0.2) is 60.8 Å². The second-order valence-electron chi connectivity index (χ2n) is 6.59. The van der Waals surface area contributed by atoms with Crippen molar-refractivity contribution in [2.24, 2.45) is 0 Å². The summed E-state index contributed by atoms with van der Waals surface area (Å²) in [5.74, 6) is 0.155. The molecule has 0 saturated heterocycles. The highest BCUT2D eigenvalue weighted by molar-refractivity contribution is 5.83. The van der Waals surface area contributed by atoms with Gasteiger partial charge in [-0.05, 0) is 36.6 Å². The average molecular weight is 349 g/mol. The van der Waals surface area contributed by atoms with Gasteiger partial charge in [0.05, 0.1) is 6.54 Å². The highest BCUT2D eigenvalue weighted by atomic mass is 16.2. The monoisotopic (exact) mass is 349 g/mol. The fourth-order valence-electron chi connectivity index (χ4n) is 3.17. The van der Waals surface area contributed by atoms with Crippen molar-refractivity contribution in [1.82, 2.24) is 15.2 Å². The molecule has 0 radical (unpaired) electrons. The first-order chi connectivity index (χ1) is 12.8. The minimum absolute atomic E-state index is 0.155. The minimum atomic E-state index is 0.155. The summed E-state index contributed by atoms with van der Waals surface area (Å²) in [6.07, 6.45) is 3.93. The Morgan fingerprint density at radius 1 is 1.08 bits per heavy atom. The number of fused-ring (bicyclic) bond motifs is 1. The normalized spacial score (nSPS) is 11.0. The van der Waals surface area contributed by atoms with E-state index in [-0.39, 0.29) is 5.91 Å². The quantitative estimate of drug-likeness (QED) is 0.578. The van der Waals surface area contributed by atoms with Crippen LogP contribution in [-0.4, -0.2) is 35.4 Å². The van der Waals surface area contributed by atoms with Gasteiger partial charge in [0.1, 0.15) is 0 Å². The van der Waals surface area contributed by atoms with Crippen LogP contribution in [0.25, 0.3) is 10.9 Å². The highest BCUT2D eigenvalue weighted by Crippen LogP contribution is 2.18. The Bertz CT molecular complexity index is 826. The van der Waals surface area contributed by atoms with Gasteiger partial charge in [-0.15, -0.1) is 0 Å². The van der Waals surface area contributed by atoms with Gasteiger partial charge in [-0.3, -0.25) is 4.79 Å². The number of carbonyl (C=O) groups is 1. The van der Waals surface area contributed by atoms with E-state index < -0.39 is 0 Å². The third kappa shape index (κ3) is 4.73.